The van der Waals surface area contributed by atoms with Crippen LogP contribution in [0.3, 0.4) is 0 Å². The van der Waals surface area contributed by atoms with Crippen molar-refractivity contribution in [3.63, 3.8) is 0 Å². The third kappa shape index (κ3) is 2.48. The van der Waals surface area contributed by atoms with Crippen LogP contribution in [0.5, 0.6) is 0 Å². The van der Waals surface area contributed by atoms with Gasteiger partial charge >= 0.3 is 6.01 Å². The van der Waals surface area contributed by atoms with Crippen LogP contribution in [0, 0.1) is 0 Å². The molecule has 6 nitrogen and oxygen atoms in total. The molecule has 3 rings (SSSR count). The summed E-state index contributed by atoms with van der Waals surface area (Å²) in [5.74, 6) is 0.262. The monoisotopic (exact) mass is 259 g/mol. The second-order valence-corrected chi connectivity index (χ2v) is 4.50. The first-order valence-corrected chi connectivity index (χ1v) is 6.07. The number of aromatic nitrogens is 2. The minimum atomic E-state index is -0.656. The number of benzene rings is 1. The molecule has 2 aromatic rings. The fourth-order valence-corrected chi connectivity index (χ4v) is 2.07. The lowest BCUT2D eigenvalue weighted by Gasteiger charge is -2.08. The lowest BCUT2D eigenvalue weighted by Crippen LogP contribution is -2.25. The molecule has 1 fully saturated rings. The quantitative estimate of drug-likeness (QED) is 0.880. The molecule has 1 aliphatic rings. The van der Waals surface area contributed by atoms with Crippen molar-refractivity contribution >= 4 is 11.9 Å². The Morgan fingerprint density at radius 1 is 1.32 bits per heavy atom. The largest absolute Gasteiger partial charge is 0.407 e. The Labute approximate surface area is 109 Å². The van der Waals surface area contributed by atoms with Crippen LogP contribution in [0.4, 0.5) is 6.01 Å². The van der Waals surface area contributed by atoms with E-state index in [2.05, 4.69) is 10.2 Å². The fourth-order valence-electron chi connectivity index (χ4n) is 2.07. The molecule has 0 saturated carbocycles. The van der Waals surface area contributed by atoms with Gasteiger partial charge in [0.05, 0.1) is 25.5 Å². The third-order valence-electron chi connectivity index (χ3n) is 2.99. The molecule has 1 saturated heterocycles. The zero-order chi connectivity index (χ0) is 13.2. The Bertz CT molecular complexity index is 582. The van der Waals surface area contributed by atoms with E-state index in [0.29, 0.717) is 12.3 Å². The number of carbonyl (C=O) groups is 1. The van der Waals surface area contributed by atoms with Gasteiger partial charge in [0.1, 0.15) is 0 Å². The molecule has 1 aromatic carbocycles. The highest BCUT2D eigenvalue weighted by molar-refractivity contribution is 5.93. The van der Waals surface area contributed by atoms with Crippen LogP contribution in [0.25, 0.3) is 0 Å². The van der Waals surface area contributed by atoms with Gasteiger partial charge in [-0.15, -0.1) is 5.10 Å². The molecular formula is C13H13N3O3. The van der Waals surface area contributed by atoms with Gasteiger partial charge in [-0.3, -0.25) is 9.69 Å². The summed E-state index contributed by atoms with van der Waals surface area (Å²) in [5.41, 5.74) is 1.06. The van der Waals surface area contributed by atoms with Crippen LogP contribution < -0.4 is 4.90 Å². The van der Waals surface area contributed by atoms with Crippen molar-refractivity contribution in [3.8, 4) is 0 Å². The highest BCUT2D eigenvalue weighted by Gasteiger charge is 2.32. The van der Waals surface area contributed by atoms with E-state index < -0.39 is 6.10 Å². The summed E-state index contributed by atoms with van der Waals surface area (Å²) >= 11 is 0. The van der Waals surface area contributed by atoms with Crippen molar-refractivity contribution in [1.29, 1.82) is 0 Å². The molecule has 1 amide bonds. The number of anilines is 1. The smallest absolute Gasteiger partial charge is 0.325 e. The van der Waals surface area contributed by atoms with Crippen molar-refractivity contribution in [3.05, 3.63) is 41.8 Å². The van der Waals surface area contributed by atoms with E-state index >= 15 is 0 Å². The number of hydrogen-bond acceptors (Lipinski definition) is 5. The number of aliphatic hydroxyl groups excluding tert-OH is 1. The van der Waals surface area contributed by atoms with Gasteiger partial charge in [-0.1, -0.05) is 35.4 Å². The van der Waals surface area contributed by atoms with E-state index in [1.807, 2.05) is 30.3 Å². The van der Waals surface area contributed by atoms with Crippen LogP contribution >= 0.6 is 0 Å². The molecule has 0 spiro atoms. The van der Waals surface area contributed by atoms with Crippen LogP contribution in [0.2, 0.25) is 0 Å². The van der Waals surface area contributed by atoms with Gasteiger partial charge in [0.2, 0.25) is 11.8 Å². The first-order chi connectivity index (χ1) is 9.22. The molecule has 1 unspecified atom stereocenters. The van der Waals surface area contributed by atoms with Crippen molar-refractivity contribution in [1.82, 2.24) is 10.2 Å². The summed E-state index contributed by atoms with van der Waals surface area (Å²) in [6, 6.07) is 9.91. The van der Waals surface area contributed by atoms with Gasteiger partial charge in [-0.2, -0.15) is 0 Å². The van der Waals surface area contributed by atoms with Gasteiger partial charge < -0.3 is 9.52 Å². The van der Waals surface area contributed by atoms with E-state index in [1.165, 1.54) is 4.90 Å². The normalized spacial score (nSPS) is 19.1. The summed E-state index contributed by atoms with van der Waals surface area (Å²) in [4.78, 5) is 12.9. The first-order valence-electron chi connectivity index (χ1n) is 6.07. The summed E-state index contributed by atoms with van der Waals surface area (Å²) in [5, 5.41) is 17.2. The molecule has 0 bridgehead atoms. The highest BCUT2D eigenvalue weighted by atomic mass is 16.4. The van der Waals surface area contributed by atoms with E-state index in [-0.39, 0.29) is 24.9 Å². The third-order valence-corrected chi connectivity index (χ3v) is 2.99. The minimum absolute atomic E-state index is 0.108. The molecule has 1 aromatic heterocycles. The Hall–Kier alpha value is -2.21. The molecule has 0 aliphatic carbocycles. The zero-order valence-corrected chi connectivity index (χ0v) is 10.2. The van der Waals surface area contributed by atoms with Gasteiger partial charge in [0, 0.05) is 0 Å². The predicted octanol–water partition coefficient (Wildman–Crippen LogP) is 0.758. The standard InChI is InChI=1S/C13H13N3O3/c17-10-7-12(18)16(8-10)13-15-14-11(19-13)6-9-4-2-1-3-5-9/h1-5,10,17H,6-8H2. The Morgan fingerprint density at radius 2 is 2.11 bits per heavy atom. The number of rotatable bonds is 3. The fraction of sp³-hybridized carbons (Fsp3) is 0.308. The molecule has 1 atom stereocenters. The molecule has 1 N–H and O–H groups in total. The van der Waals surface area contributed by atoms with E-state index in [1.54, 1.807) is 0 Å². The maximum Gasteiger partial charge on any atom is 0.325 e. The number of β-amino-alcohol motifs (C(OH)–C–C–N with tert-alkyl or cyclic N) is 1. The topological polar surface area (TPSA) is 79.5 Å². The second-order valence-electron chi connectivity index (χ2n) is 4.50. The summed E-state index contributed by atoms with van der Waals surface area (Å²) in [7, 11) is 0. The Balaban J connectivity index is 1.75. The molecule has 1 aliphatic heterocycles. The molecular weight excluding hydrogens is 246 g/mol. The van der Waals surface area contributed by atoms with Crippen LogP contribution in [-0.4, -0.2) is 33.9 Å². The maximum absolute atomic E-state index is 11.6. The van der Waals surface area contributed by atoms with E-state index in [0.717, 1.165) is 5.56 Å². The van der Waals surface area contributed by atoms with Crippen LogP contribution in [-0.2, 0) is 11.2 Å². The van der Waals surface area contributed by atoms with Crippen LogP contribution in [0.1, 0.15) is 17.9 Å². The number of hydrogen-bond donors (Lipinski definition) is 1. The van der Waals surface area contributed by atoms with Crippen molar-refractivity contribution in [2.24, 2.45) is 0 Å². The molecule has 2 heterocycles. The maximum atomic E-state index is 11.6. The lowest BCUT2D eigenvalue weighted by atomic mass is 10.2. The van der Waals surface area contributed by atoms with Gasteiger partial charge in [0.15, 0.2) is 0 Å². The van der Waals surface area contributed by atoms with E-state index in [9.17, 15) is 9.90 Å². The SMILES string of the molecule is O=C1CC(O)CN1c1nnc(Cc2ccccc2)o1. The highest BCUT2D eigenvalue weighted by Crippen LogP contribution is 2.20. The number of carbonyl (C=O) groups excluding carboxylic acids is 1. The molecule has 6 heteroatoms. The summed E-state index contributed by atoms with van der Waals surface area (Å²) in [6.07, 6.45) is -0.0218. The number of nitrogens with zero attached hydrogens (tertiary/aromatic N) is 3. The second kappa shape index (κ2) is 4.81. The summed E-state index contributed by atoms with van der Waals surface area (Å²) in [6.45, 7) is 0.214. The Morgan fingerprint density at radius 3 is 2.79 bits per heavy atom. The van der Waals surface area contributed by atoms with E-state index in [4.69, 9.17) is 4.42 Å². The summed E-state index contributed by atoms with van der Waals surface area (Å²) < 4.78 is 5.46. The zero-order valence-electron chi connectivity index (χ0n) is 10.2. The molecule has 0 radical (unpaired) electrons. The molecule has 98 valence electrons. The average Bonchev–Trinajstić information content (AvgIpc) is 2.97. The minimum Gasteiger partial charge on any atom is -0.407 e. The van der Waals surface area contributed by atoms with Gasteiger partial charge in [-0.25, -0.2) is 0 Å². The lowest BCUT2D eigenvalue weighted by molar-refractivity contribution is -0.117. The van der Waals surface area contributed by atoms with Crippen LogP contribution in [0.15, 0.2) is 34.7 Å². The van der Waals surface area contributed by atoms with Gasteiger partial charge in [0.25, 0.3) is 0 Å². The molecule has 19 heavy (non-hydrogen) atoms. The van der Waals surface area contributed by atoms with Crippen molar-refractivity contribution < 1.29 is 14.3 Å². The first kappa shape index (κ1) is 11.9. The van der Waals surface area contributed by atoms with Crippen molar-refractivity contribution in [2.45, 2.75) is 18.9 Å². The number of amides is 1. The van der Waals surface area contributed by atoms with Gasteiger partial charge in [-0.05, 0) is 5.56 Å². The number of aliphatic hydroxyl groups is 1. The predicted molar refractivity (Wildman–Crippen MR) is 66.5 cm³/mol. The average molecular weight is 259 g/mol. The Kier molecular flexibility index (Phi) is 3.00. The van der Waals surface area contributed by atoms with Crippen molar-refractivity contribution in [2.75, 3.05) is 11.4 Å².